The van der Waals surface area contributed by atoms with E-state index in [0.717, 1.165) is 24.7 Å². The number of hydrogen-bond donors (Lipinski definition) is 1. The van der Waals surface area contributed by atoms with Crippen LogP contribution in [0.2, 0.25) is 0 Å². The number of nitrogens with zero attached hydrogens (tertiary/aromatic N) is 2. The van der Waals surface area contributed by atoms with E-state index < -0.39 is 20.5 Å². The molecule has 1 saturated carbocycles. The summed E-state index contributed by atoms with van der Waals surface area (Å²) < 4.78 is 25.0. The van der Waals surface area contributed by atoms with Crippen LogP contribution < -0.4 is 5.32 Å². The molecule has 0 radical (unpaired) electrons. The van der Waals surface area contributed by atoms with Crippen LogP contribution in [-0.4, -0.2) is 34.9 Å². The van der Waals surface area contributed by atoms with Gasteiger partial charge in [-0.1, -0.05) is 25.0 Å². The quantitative estimate of drug-likeness (QED) is 0.899. The first-order valence-electron chi connectivity index (χ1n) is 7.96. The van der Waals surface area contributed by atoms with Gasteiger partial charge >= 0.3 is 0 Å². The summed E-state index contributed by atoms with van der Waals surface area (Å²) in [5.74, 6) is -0.412. The fourth-order valence-corrected chi connectivity index (χ4v) is 4.66. The van der Waals surface area contributed by atoms with Gasteiger partial charge in [0.25, 0.3) is 0 Å². The van der Waals surface area contributed by atoms with Crippen LogP contribution in [0.1, 0.15) is 31.2 Å². The zero-order chi connectivity index (χ0) is 17.2. The number of amides is 1. The molecule has 1 amide bonds. The Morgan fingerprint density at radius 1 is 1.25 bits per heavy atom. The monoisotopic (exact) mass is 347 g/mol. The van der Waals surface area contributed by atoms with E-state index >= 15 is 0 Å². The Balaban J connectivity index is 1.72. The van der Waals surface area contributed by atoms with Crippen molar-refractivity contribution < 1.29 is 13.2 Å². The number of benzene rings is 1. The van der Waals surface area contributed by atoms with Crippen molar-refractivity contribution in [2.75, 3.05) is 11.6 Å². The van der Waals surface area contributed by atoms with Gasteiger partial charge in [-0.15, -0.1) is 0 Å². The van der Waals surface area contributed by atoms with Crippen molar-refractivity contribution in [2.24, 2.45) is 0 Å². The minimum atomic E-state index is -3.45. The van der Waals surface area contributed by atoms with E-state index in [1.165, 1.54) is 0 Å². The average Bonchev–Trinajstić information content (AvgIpc) is 3.20. The van der Waals surface area contributed by atoms with Crippen LogP contribution in [0.4, 0.5) is 5.69 Å². The van der Waals surface area contributed by atoms with Crippen LogP contribution in [0.3, 0.4) is 0 Å². The number of carbonyl (C=O) groups is 1. The molecule has 1 aliphatic carbocycles. The smallest absolute Gasteiger partial charge is 0.245 e. The first-order valence-corrected chi connectivity index (χ1v) is 9.86. The van der Waals surface area contributed by atoms with Gasteiger partial charge in [-0.05, 0) is 30.5 Å². The Hall–Kier alpha value is -2.15. The van der Waals surface area contributed by atoms with Crippen LogP contribution in [0, 0.1) is 0 Å². The van der Waals surface area contributed by atoms with Crippen LogP contribution in [0.15, 0.2) is 43.0 Å². The summed E-state index contributed by atoms with van der Waals surface area (Å²) in [6.45, 7) is 0.696. The molecule has 3 rings (SSSR count). The van der Waals surface area contributed by atoms with Gasteiger partial charge in [0.2, 0.25) is 5.91 Å². The van der Waals surface area contributed by atoms with E-state index in [4.69, 9.17) is 0 Å². The van der Waals surface area contributed by atoms with Gasteiger partial charge in [-0.2, -0.15) is 0 Å². The molecule has 1 aromatic heterocycles. The van der Waals surface area contributed by atoms with E-state index in [2.05, 4.69) is 10.3 Å². The Bertz CT molecular complexity index is 805. The number of aromatic nitrogens is 2. The van der Waals surface area contributed by atoms with Crippen molar-refractivity contribution in [1.82, 2.24) is 9.55 Å². The van der Waals surface area contributed by atoms with E-state index in [0.29, 0.717) is 25.1 Å². The molecule has 7 heteroatoms. The molecule has 1 heterocycles. The minimum absolute atomic E-state index is 0.399. The lowest BCUT2D eigenvalue weighted by atomic mass is 10.1. The molecule has 24 heavy (non-hydrogen) atoms. The molecule has 1 fully saturated rings. The van der Waals surface area contributed by atoms with Gasteiger partial charge in [0.05, 0.1) is 6.33 Å². The maximum Gasteiger partial charge on any atom is 0.245 e. The lowest BCUT2D eigenvalue weighted by Crippen LogP contribution is -2.47. The van der Waals surface area contributed by atoms with Gasteiger partial charge < -0.3 is 9.88 Å². The van der Waals surface area contributed by atoms with Crippen molar-refractivity contribution in [3.63, 3.8) is 0 Å². The molecule has 0 aliphatic heterocycles. The first kappa shape index (κ1) is 16.7. The number of nitrogens with one attached hydrogen (secondary N) is 1. The van der Waals surface area contributed by atoms with E-state index in [1.54, 1.807) is 24.7 Å². The minimum Gasteiger partial charge on any atom is -0.333 e. The zero-order valence-electron chi connectivity index (χ0n) is 13.6. The summed E-state index contributed by atoms with van der Waals surface area (Å²) in [6.07, 6.45) is 8.84. The van der Waals surface area contributed by atoms with Crippen molar-refractivity contribution in [2.45, 2.75) is 37.0 Å². The highest BCUT2D eigenvalue weighted by molar-refractivity contribution is 7.92. The Morgan fingerprint density at radius 3 is 2.46 bits per heavy atom. The number of sulfone groups is 1. The molecule has 1 aromatic carbocycles. The van der Waals surface area contributed by atoms with Crippen LogP contribution in [0.5, 0.6) is 0 Å². The van der Waals surface area contributed by atoms with Gasteiger partial charge in [-0.25, -0.2) is 13.4 Å². The zero-order valence-corrected chi connectivity index (χ0v) is 14.4. The Kier molecular flexibility index (Phi) is 4.45. The molecular weight excluding hydrogens is 326 g/mol. The molecule has 0 spiro atoms. The molecule has 0 atom stereocenters. The third kappa shape index (κ3) is 3.21. The van der Waals surface area contributed by atoms with Crippen LogP contribution >= 0.6 is 0 Å². The second-order valence-corrected chi connectivity index (χ2v) is 8.69. The summed E-state index contributed by atoms with van der Waals surface area (Å²) >= 11 is 0. The van der Waals surface area contributed by atoms with Crippen LogP contribution in [0.25, 0.3) is 0 Å². The topological polar surface area (TPSA) is 81.1 Å². The normalized spacial score (nSPS) is 16.9. The fourth-order valence-electron chi connectivity index (χ4n) is 3.24. The number of rotatable bonds is 5. The Morgan fingerprint density at radius 2 is 1.92 bits per heavy atom. The molecule has 6 nitrogen and oxygen atoms in total. The number of carbonyl (C=O) groups excluding carboxylic acids is 1. The Labute approximate surface area is 141 Å². The second-order valence-electron chi connectivity index (χ2n) is 6.36. The van der Waals surface area contributed by atoms with Crippen molar-refractivity contribution in [3.8, 4) is 0 Å². The lowest BCUT2D eigenvalue weighted by Gasteiger charge is -2.25. The third-order valence-electron chi connectivity index (χ3n) is 4.67. The highest BCUT2D eigenvalue weighted by atomic mass is 32.2. The van der Waals surface area contributed by atoms with Crippen molar-refractivity contribution in [3.05, 3.63) is 48.5 Å². The van der Waals surface area contributed by atoms with Gasteiger partial charge in [0, 0.05) is 30.9 Å². The molecule has 128 valence electrons. The highest BCUT2D eigenvalue weighted by Crippen LogP contribution is 2.37. The van der Waals surface area contributed by atoms with Crippen molar-refractivity contribution in [1.29, 1.82) is 0 Å². The van der Waals surface area contributed by atoms with Gasteiger partial charge in [-0.3, -0.25) is 4.79 Å². The highest BCUT2D eigenvalue weighted by Gasteiger charge is 2.49. The molecule has 1 N–H and O–H groups in total. The predicted octanol–water partition coefficient (Wildman–Crippen LogP) is 2.23. The number of imidazole rings is 1. The standard InChI is InChI=1S/C17H21N3O3S/c1-24(22,23)17(8-2-3-9-17)16(21)19-15-6-4-14(5-7-15)12-20-11-10-18-13-20/h4-7,10-11,13H,2-3,8-9,12H2,1H3,(H,19,21). The molecular formula is C17H21N3O3S. The fraction of sp³-hybridized carbons (Fsp3) is 0.412. The maximum atomic E-state index is 12.6. The molecule has 1 aliphatic rings. The number of anilines is 1. The first-order chi connectivity index (χ1) is 11.4. The molecule has 0 unspecified atom stereocenters. The molecule has 2 aromatic rings. The third-order valence-corrected chi connectivity index (χ3v) is 6.68. The predicted molar refractivity (Wildman–Crippen MR) is 92.4 cm³/mol. The SMILES string of the molecule is CS(=O)(=O)C1(C(=O)Nc2ccc(Cn3ccnc3)cc2)CCCC1. The number of hydrogen-bond acceptors (Lipinski definition) is 4. The molecule has 0 bridgehead atoms. The second kappa shape index (κ2) is 6.39. The summed E-state index contributed by atoms with van der Waals surface area (Å²) in [5.41, 5.74) is 1.69. The van der Waals surface area contributed by atoms with E-state index in [9.17, 15) is 13.2 Å². The van der Waals surface area contributed by atoms with Crippen LogP contribution in [-0.2, 0) is 21.2 Å². The molecule has 0 saturated heterocycles. The summed E-state index contributed by atoms with van der Waals surface area (Å²) in [6, 6.07) is 7.43. The summed E-state index contributed by atoms with van der Waals surface area (Å²) in [4.78, 5) is 16.6. The van der Waals surface area contributed by atoms with E-state index in [-0.39, 0.29) is 0 Å². The summed E-state index contributed by atoms with van der Waals surface area (Å²) in [7, 11) is -3.45. The average molecular weight is 347 g/mol. The van der Waals surface area contributed by atoms with Gasteiger partial charge in [0.15, 0.2) is 14.6 Å². The van der Waals surface area contributed by atoms with E-state index in [1.807, 2.05) is 22.9 Å². The summed E-state index contributed by atoms with van der Waals surface area (Å²) in [5, 5.41) is 2.78. The van der Waals surface area contributed by atoms with Gasteiger partial charge in [0.1, 0.15) is 0 Å². The lowest BCUT2D eigenvalue weighted by molar-refractivity contribution is -0.118. The largest absolute Gasteiger partial charge is 0.333 e. The van der Waals surface area contributed by atoms with Crippen molar-refractivity contribution >= 4 is 21.4 Å². The maximum absolute atomic E-state index is 12.6.